The molecule has 0 saturated carbocycles. The normalized spacial score (nSPS) is 10.2. The summed E-state index contributed by atoms with van der Waals surface area (Å²) in [6.45, 7) is 1.75. The number of nitrogens with zero attached hydrogens (tertiary/aromatic N) is 2. The van der Waals surface area contributed by atoms with Crippen LogP contribution in [-0.4, -0.2) is 21.0 Å². The standard InChI is InChI=1S/C13H10FN3O4/c1-7-2-3-15-6-11(7)16-10-4-8(13(18)19)9(14)5-12(10)17(20)21/h2-6,16H,1H3,(H,18,19). The zero-order chi connectivity index (χ0) is 15.6. The Morgan fingerprint density at radius 3 is 2.71 bits per heavy atom. The number of aromatic carboxylic acids is 1. The van der Waals surface area contributed by atoms with Crippen molar-refractivity contribution < 1.29 is 19.2 Å². The summed E-state index contributed by atoms with van der Waals surface area (Å²) in [5.74, 6) is -2.67. The van der Waals surface area contributed by atoms with Crippen molar-refractivity contribution in [2.24, 2.45) is 0 Å². The summed E-state index contributed by atoms with van der Waals surface area (Å²) >= 11 is 0. The van der Waals surface area contributed by atoms with Gasteiger partial charge in [-0.05, 0) is 24.6 Å². The fraction of sp³-hybridized carbons (Fsp3) is 0.0769. The van der Waals surface area contributed by atoms with Gasteiger partial charge in [-0.1, -0.05) is 0 Å². The van der Waals surface area contributed by atoms with Crippen LogP contribution in [0.2, 0.25) is 0 Å². The lowest BCUT2D eigenvalue weighted by Gasteiger charge is -2.10. The van der Waals surface area contributed by atoms with Crippen molar-refractivity contribution in [1.82, 2.24) is 4.98 Å². The molecule has 8 heteroatoms. The molecular weight excluding hydrogens is 281 g/mol. The molecule has 2 aromatic rings. The molecule has 0 aliphatic carbocycles. The summed E-state index contributed by atoms with van der Waals surface area (Å²) in [5, 5.41) is 22.6. The predicted molar refractivity (Wildman–Crippen MR) is 72.3 cm³/mol. The van der Waals surface area contributed by atoms with Crippen LogP contribution in [0.25, 0.3) is 0 Å². The lowest BCUT2D eigenvalue weighted by molar-refractivity contribution is -0.384. The number of nitro groups is 1. The number of carboxylic acid groups (broad SMARTS) is 1. The Kier molecular flexibility index (Phi) is 3.79. The number of nitro benzene ring substituents is 1. The molecule has 1 aromatic heterocycles. The highest BCUT2D eigenvalue weighted by Crippen LogP contribution is 2.31. The largest absolute Gasteiger partial charge is 0.478 e. The van der Waals surface area contributed by atoms with Crippen molar-refractivity contribution in [3.63, 3.8) is 0 Å². The molecule has 0 amide bonds. The summed E-state index contributed by atoms with van der Waals surface area (Å²) < 4.78 is 13.5. The average Bonchev–Trinajstić information content (AvgIpc) is 2.42. The molecule has 108 valence electrons. The summed E-state index contributed by atoms with van der Waals surface area (Å²) in [7, 11) is 0. The van der Waals surface area contributed by atoms with E-state index in [-0.39, 0.29) is 5.69 Å². The van der Waals surface area contributed by atoms with Gasteiger partial charge < -0.3 is 10.4 Å². The first kappa shape index (κ1) is 14.4. The van der Waals surface area contributed by atoms with E-state index in [1.54, 1.807) is 19.2 Å². The first-order valence-electron chi connectivity index (χ1n) is 5.79. The lowest BCUT2D eigenvalue weighted by Crippen LogP contribution is -2.05. The summed E-state index contributed by atoms with van der Waals surface area (Å²) in [5.41, 5.74) is -0.107. The van der Waals surface area contributed by atoms with Crippen LogP contribution in [0.3, 0.4) is 0 Å². The zero-order valence-electron chi connectivity index (χ0n) is 10.8. The lowest BCUT2D eigenvalue weighted by atomic mass is 10.1. The highest BCUT2D eigenvalue weighted by molar-refractivity contribution is 5.91. The highest BCUT2D eigenvalue weighted by atomic mass is 19.1. The van der Waals surface area contributed by atoms with Crippen LogP contribution < -0.4 is 5.32 Å². The molecule has 0 unspecified atom stereocenters. The number of rotatable bonds is 4. The zero-order valence-corrected chi connectivity index (χ0v) is 10.8. The third-order valence-corrected chi connectivity index (χ3v) is 2.82. The first-order chi connectivity index (χ1) is 9.90. The van der Waals surface area contributed by atoms with Crippen LogP contribution in [0, 0.1) is 22.9 Å². The van der Waals surface area contributed by atoms with Crippen molar-refractivity contribution in [3.8, 4) is 0 Å². The van der Waals surface area contributed by atoms with Crippen LogP contribution in [0.15, 0.2) is 30.6 Å². The SMILES string of the molecule is Cc1ccncc1Nc1cc(C(=O)O)c(F)cc1[N+](=O)[O-]. The fourth-order valence-corrected chi connectivity index (χ4v) is 1.72. The van der Waals surface area contributed by atoms with E-state index in [2.05, 4.69) is 10.3 Å². The van der Waals surface area contributed by atoms with Gasteiger partial charge in [-0.3, -0.25) is 15.1 Å². The van der Waals surface area contributed by atoms with Gasteiger partial charge in [0.05, 0.1) is 28.4 Å². The monoisotopic (exact) mass is 291 g/mol. The molecule has 0 radical (unpaired) electrons. The van der Waals surface area contributed by atoms with E-state index in [0.717, 1.165) is 11.6 Å². The van der Waals surface area contributed by atoms with Crippen molar-refractivity contribution >= 4 is 23.0 Å². The van der Waals surface area contributed by atoms with Crippen molar-refractivity contribution in [3.05, 3.63) is 57.7 Å². The molecule has 0 saturated heterocycles. The number of carboxylic acids is 1. The topological polar surface area (TPSA) is 105 Å². The van der Waals surface area contributed by atoms with Gasteiger partial charge in [0.2, 0.25) is 0 Å². The van der Waals surface area contributed by atoms with E-state index >= 15 is 0 Å². The molecule has 0 bridgehead atoms. The average molecular weight is 291 g/mol. The molecular formula is C13H10FN3O4. The second-order valence-electron chi connectivity index (χ2n) is 4.23. The second kappa shape index (κ2) is 5.53. The number of aromatic nitrogens is 1. The van der Waals surface area contributed by atoms with E-state index in [9.17, 15) is 19.3 Å². The molecule has 0 fully saturated rings. The number of hydrogen-bond acceptors (Lipinski definition) is 5. The fourth-order valence-electron chi connectivity index (χ4n) is 1.72. The number of carbonyl (C=O) groups is 1. The van der Waals surface area contributed by atoms with Crippen LogP contribution in [0.1, 0.15) is 15.9 Å². The van der Waals surface area contributed by atoms with Crippen molar-refractivity contribution in [1.29, 1.82) is 0 Å². The third kappa shape index (κ3) is 2.94. The predicted octanol–water partition coefficient (Wildman–Crippen LogP) is 2.88. The molecule has 1 heterocycles. The number of aryl methyl sites for hydroxylation is 1. The van der Waals surface area contributed by atoms with Gasteiger partial charge >= 0.3 is 5.97 Å². The van der Waals surface area contributed by atoms with Gasteiger partial charge in [0.15, 0.2) is 0 Å². The number of benzene rings is 1. The molecule has 1 aromatic carbocycles. The van der Waals surface area contributed by atoms with Crippen LogP contribution in [0.4, 0.5) is 21.5 Å². The first-order valence-corrected chi connectivity index (χ1v) is 5.79. The van der Waals surface area contributed by atoms with E-state index < -0.39 is 28.0 Å². The van der Waals surface area contributed by atoms with Gasteiger partial charge in [-0.25, -0.2) is 9.18 Å². The van der Waals surface area contributed by atoms with Gasteiger partial charge in [0.25, 0.3) is 5.69 Å². The van der Waals surface area contributed by atoms with Gasteiger partial charge in [-0.15, -0.1) is 0 Å². The van der Waals surface area contributed by atoms with Crippen molar-refractivity contribution in [2.45, 2.75) is 6.92 Å². The van der Waals surface area contributed by atoms with Gasteiger partial charge in [0.1, 0.15) is 11.5 Å². The van der Waals surface area contributed by atoms with E-state index in [1.807, 2.05) is 0 Å². The molecule has 0 atom stereocenters. The minimum atomic E-state index is -1.51. The Morgan fingerprint density at radius 2 is 2.14 bits per heavy atom. The van der Waals surface area contributed by atoms with E-state index in [0.29, 0.717) is 11.8 Å². The Morgan fingerprint density at radius 1 is 1.43 bits per heavy atom. The number of anilines is 2. The minimum Gasteiger partial charge on any atom is -0.478 e. The van der Waals surface area contributed by atoms with Crippen LogP contribution in [-0.2, 0) is 0 Å². The summed E-state index contributed by atoms with van der Waals surface area (Å²) in [6.07, 6.45) is 2.98. The quantitative estimate of drug-likeness (QED) is 0.662. The maximum atomic E-state index is 13.5. The Hall–Kier alpha value is -3.03. The number of nitrogens with one attached hydrogen (secondary N) is 1. The van der Waals surface area contributed by atoms with E-state index in [1.165, 1.54) is 6.20 Å². The molecule has 0 aliphatic rings. The minimum absolute atomic E-state index is 0.116. The summed E-state index contributed by atoms with van der Waals surface area (Å²) in [6, 6.07) is 3.15. The molecule has 7 nitrogen and oxygen atoms in total. The molecule has 2 rings (SSSR count). The Bertz CT molecular complexity index is 733. The number of hydrogen-bond donors (Lipinski definition) is 2. The summed E-state index contributed by atoms with van der Waals surface area (Å²) in [4.78, 5) is 25.0. The van der Waals surface area contributed by atoms with Gasteiger partial charge in [-0.2, -0.15) is 0 Å². The van der Waals surface area contributed by atoms with Crippen LogP contribution in [0.5, 0.6) is 0 Å². The Balaban J connectivity index is 2.55. The molecule has 0 aliphatic heterocycles. The van der Waals surface area contributed by atoms with Crippen molar-refractivity contribution in [2.75, 3.05) is 5.32 Å². The Labute approximate surface area is 118 Å². The molecule has 2 N–H and O–H groups in total. The molecule has 0 spiro atoms. The number of pyridine rings is 1. The van der Waals surface area contributed by atoms with Gasteiger partial charge in [0, 0.05) is 6.20 Å². The van der Waals surface area contributed by atoms with Crippen LogP contribution >= 0.6 is 0 Å². The smallest absolute Gasteiger partial charge is 0.338 e. The highest BCUT2D eigenvalue weighted by Gasteiger charge is 2.22. The number of halogens is 1. The second-order valence-corrected chi connectivity index (χ2v) is 4.23. The van der Waals surface area contributed by atoms with E-state index in [4.69, 9.17) is 5.11 Å². The third-order valence-electron chi connectivity index (χ3n) is 2.82. The maximum absolute atomic E-state index is 13.5. The molecule has 21 heavy (non-hydrogen) atoms. The maximum Gasteiger partial charge on any atom is 0.338 e.